The minimum atomic E-state index is -0.190. The molecule has 0 saturated carbocycles. The number of carbonyl (C=O) groups excluding carboxylic acids is 1. The molecule has 0 aliphatic carbocycles. The summed E-state index contributed by atoms with van der Waals surface area (Å²) in [7, 11) is 0. The topological polar surface area (TPSA) is 80.9 Å². The summed E-state index contributed by atoms with van der Waals surface area (Å²) in [6, 6.07) is 14.8. The van der Waals surface area contributed by atoms with Crippen LogP contribution >= 0.6 is 34.5 Å². The summed E-state index contributed by atoms with van der Waals surface area (Å²) in [5.74, 6) is 0.784. The number of nitrogens with one attached hydrogen (secondary N) is 1. The zero-order valence-electron chi connectivity index (χ0n) is 14.9. The standard InChI is InChI=1S/C20H14Cl2N4O2S/c21-13-6-7-14(15(22)10-13)16-11-23-18(28-16)9-8-17(27)24-20-26-25-19(29-20)12-4-2-1-3-5-12/h1-7,10-11H,8-9H2,(H,24,26,27). The smallest absolute Gasteiger partial charge is 0.226 e. The van der Waals surface area contributed by atoms with Crippen molar-refractivity contribution in [2.75, 3.05) is 5.32 Å². The molecule has 0 saturated heterocycles. The second-order valence-corrected chi connectivity index (χ2v) is 7.89. The number of benzene rings is 2. The molecule has 29 heavy (non-hydrogen) atoms. The maximum absolute atomic E-state index is 12.2. The number of amides is 1. The van der Waals surface area contributed by atoms with Gasteiger partial charge in [0.1, 0.15) is 5.01 Å². The number of aryl methyl sites for hydroxylation is 1. The lowest BCUT2D eigenvalue weighted by atomic mass is 10.2. The van der Waals surface area contributed by atoms with E-state index in [9.17, 15) is 4.79 Å². The van der Waals surface area contributed by atoms with Crippen LogP contribution in [0.3, 0.4) is 0 Å². The lowest BCUT2D eigenvalue weighted by Crippen LogP contribution is -2.12. The molecule has 2 aromatic heterocycles. The van der Waals surface area contributed by atoms with E-state index in [1.54, 1.807) is 24.4 Å². The average molecular weight is 445 g/mol. The Kier molecular flexibility index (Phi) is 5.89. The summed E-state index contributed by atoms with van der Waals surface area (Å²) in [5, 5.41) is 13.1. The molecule has 2 heterocycles. The van der Waals surface area contributed by atoms with E-state index in [2.05, 4.69) is 20.5 Å². The summed E-state index contributed by atoms with van der Waals surface area (Å²) in [6.45, 7) is 0. The molecule has 0 bridgehead atoms. The van der Waals surface area contributed by atoms with Gasteiger partial charge in [0.15, 0.2) is 11.7 Å². The molecule has 1 amide bonds. The van der Waals surface area contributed by atoms with Gasteiger partial charge in [-0.1, -0.05) is 64.9 Å². The quantitative estimate of drug-likeness (QED) is 0.410. The van der Waals surface area contributed by atoms with Gasteiger partial charge in [-0.05, 0) is 18.2 Å². The Morgan fingerprint density at radius 2 is 1.93 bits per heavy atom. The van der Waals surface area contributed by atoms with Crippen LogP contribution in [0.15, 0.2) is 59.1 Å². The first kappa shape index (κ1) is 19.6. The maximum Gasteiger partial charge on any atom is 0.226 e. The number of nitrogens with zero attached hydrogens (tertiary/aromatic N) is 3. The van der Waals surface area contributed by atoms with E-state index in [-0.39, 0.29) is 12.3 Å². The van der Waals surface area contributed by atoms with Crippen LogP contribution in [0.25, 0.3) is 21.9 Å². The molecule has 0 aliphatic rings. The predicted molar refractivity (Wildman–Crippen MR) is 114 cm³/mol. The van der Waals surface area contributed by atoms with Crippen molar-refractivity contribution in [1.29, 1.82) is 0 Å². The molecule has 6 nitrogen and oxygen atoms in total. The Labute approximate surface area is 180 Å². The summed E-state index contributed by atoms with van der Waals surface area (Å²) in [6.07, 6.45) is 2.13. The summed E-state index contributed by atoms with van der Waals surface area (Å²) >= 11 is 13.4. The third-order valence-corrected chi connectivity index (χ3v) is 5.44. The Morgan fingerprint density at radius 3 is 2.72 bits per heavy atom. The second kappa shape index (κ2) is 8.73. The van der Waals surface area contributed by atoms with Gasteiger partial charge in [-0.3, -0.25) is 4.79 Å². The molecule has 2 aromatic carbocycles. The fourth-order valence-electron chi connectivity index (χ4n) is 2.61. The number of oxazole rings is 1. The van der Waals surface area contributed by atoms with E-state index in [0.29, 0.717) is 38.8 Å². The highest BCUT2D eigenvalue weighted by atomic mass is 35.5. The molecule has 0 fully saturated rings. The molecule has 4 aromatic rings. The largest absolute Gasteiger partial charge is 0.441 e. The molecule has 4 rings (SSSR count). The minimum absolute atomic E-state index is 0.190. The van der Waals surface area contributed by atoms with Crippen LogP contribution in [0.2, 0.25) is 10.0 Å². The number of carbonyl (C=O) groups is 1. The van der Waals surface area contributed by atoms with Crippen molar-refractivity contribution in [3.05, 3.63) is 70.7 Å². The lowest BCUT2D eigenvalue weighted by Gasteiger charge is -2.01. The van der Waals surface area contributed by atoms with Gasteiger partial charge in [0.05, 0.1) is 11.2 Å². The highest BCUT2D eigenvalue weighted by Crippen LogP contribution is 2.31. The van der Waals surface area contributed by atoms with E-state index in [1.807, 2.05) is 30.3 Å². The Morgan fingerprint density at radius 1 is 1.10 bits per heavy atom. The lowest BCUT2D eigenvalue weighted by molar-refractivity contribution is -0.116. The summed E-state index contributed by atoms with van der Waals surface area (Å²) in [4.78, 5) is 16.4. The van der Waals surface area contributed by atoms with Crippen molar-refractivity contribution in [2.24, 2.45) is 0 Å². The first-order valence-corrected chi connectivity index (χ1v) is 10.2. The highest BCUT2D eigenvalue weighted by Gasteiger charge is 2.13. The second-order valence-electron chi connectivity index (χ2n) is 6.07. The predicted octanol–water partition coefficient (Wildman–Crippen LogP) is 5.74. The van der Waals surface area contributed by atoms with Gasteiger partial charge in [0, 0.05) is 29.0 Å². The fraction of sp³-hybridized carbons (Fsp3) is 0.100. The fourth-order valence-corrected chi connectivity index (χ4v) is 3.88. The van der Waals surface area contributed by atoms with E-state index in [1.165, 1.54) is 11.3 Å². The van der Waals surface area contributed by atoms with Crippen LogP contribution < -0.4 is 5.32 Å². The molecule has 0 spiro atoms. The van der Waals surface area contributed by atoms with E-state index >= 15 is 0 Å². The summed E-state index contributed by atoms with van der Waals surface area (Å²) in [5.41, 5.74) is 1.65. The van der Waals surface area contributed by atoms with Crippen molar-refractivity contribution in [2.45, 2.75) is 12.8 Å². The maximum atomic E-state index is 12.2. The normalized spacial score (nSPS) is 10.8. The van der Waals surface area contributed by atoms with Crippen LogP contribution in [0.5, 0.6) is 0 Å². The number of hydrogen-bond acceptors (Lipinski definition) is 6. The van der Waals surface area contributed by atoms with Gasteiger partial charge in [-0.25, -0.2) is 4.98 Å². The van der Waals surface area contributed by atoms with Crippen LogP contribution in [-0.4, -0.2) is 21.1 Å². The number of anilines is 1. The Hall–Kier alpha value is -2.74. The molecular formula is C20H14Cl2N4O2S. The molecule has 146 valence electrons. The van der Waals surface area contributed by atoms with E-state index in [4.69, 9.17) is 27.6 Å². The van der Waals surface area contributed by atoms with Crippen molar-refractivity contribution in [3.63, 3.8) is 0 Å². The van der Waals surface area contributed by atoms with Crippen molar-refractivity contribution < 1.29 is 9.21 Å². The molecular weight excluding hydrogens is 431 g/mol. The molecule has 0 radical (unpaired) electrons. The first-order valence-electron chi connectivity index (χ1n) is 8.67. The Bertz CT molecular complexity index is 1140. The SMILES string of the molecule is O=C(CCc1ncc(-c2ccc(Cl)cc2Cl)o1)Nc1nnc(-c2ccccc2)s1. The van der Waals surface area contributed by atoms with Crippen LogP contribution in [0.4, 0.5) is 5.13 Å². The van der Waals surface area contributed by atoms with E-state index < -0.39 is 0 Å². The van der Waals surface area contributed by atoms with E-state index in [0.717, 1.165) is 10.6 Å². The molecule has 0 unspecified atom stereocenters. The van der Waals surface area contributed by atoms with Crippen molar-refractivity contribution in [3.8, 4) is 21.9 Å². The monoisotopic (exact) mass is 444 g/mol. The van der Waals surface area contributed by atoms with Gasteiger partial charge >= 0.3 is 0 Å². The Balaban J connectivity index is 1.35. The number of aromatic nitrogens is 3. The van der Waals surface area contributed by atoms with Crippen LogP contribution in [0, 0.1) is 0 Å². The van der Waals surface area contributed by atoms with Gasteiger partial charge in [-0.15, -0.1) is 10.2 Å². The number of halogens is 2. The third-order valence-electron chi connectivity index (χ3n) is 4.01. The third kappa shape index (κ3) is 4.82. The molecule has 1 N–H and O–H groups in total. The van der Waals surface area contributed by atoms with Gasteiger partial charge < -0.3 is 9.73 Å². The summed E-state index contributed by atoms with van der Waals surface area (Å²) < 4.78 is 5.71. The highest BCUT2D eigenvalue weighted by molar-refractivity contribution is 7.18. The minimum Gasteiger partial charge on any atom is -0.441 e. The van der Waals surface area contributed by atoms with Crippen molar-refractivity contribution in [1.82, 2.24) is 15.2 Å². The zero-order chi connectivity index (χ0) is 20.2. The van der Waals surface area contributed by atoms with Crippen LogP contribution in [0.1, 0.15) is 12.3 Å². The van der Waals surface area contributed by atoms with Gasteiger partial charge in [-0.2, -0.15) is 0 Å². The molecule has 0 aliphatic heterocycles. The average Bonchev–Trinajstić information content (AvgIpc) is 3.37. The number of hydrogen-bond donors (Lipinski definition) is 1. The molecule has 0 atom stereocenters. The van der Waals surface area contributed by atoms with Gasteiger partial charge in [0.25, 0.3) is 0 Å². The zero-order valence-corrected chi connectivity index (χ0v) is 17.3. The number of rotatable bonds is 6. The van der Waals surface area contributed by atoms with Gasteiger partial charge in [0.2, 0.25) is 11.0 Å². The van der Waals surface area contributed by atoms with Crippen LogP contribution in [-0.2, 0) is 11.2 Å². The van der Waals surface area contributed by atoms with Crippen molar-refractivity contribution >= 4 is 45.6 Å². The first-order chi connectivity index (χ1) is 14.1. The molecule has 9 heteroatoms.